The molecule has 6 heteroatoms. The molecule has 1 fully saturated rings. The molecule has 3 rings (SSSR count). The highest BCUT2D eigenvalue weighted by atomic mass is 79.9. The first-order chi connectivity index (χ1) is 10.2. The summed E-state index contributed by atoms with van der Waals surface area (Å²) in [5.74, 6) is 0. The standard InChI is InChI=1S/C15H17Br2N3O/c16-14-4-3-11(6-15(14)17)7-18-12-8-19-20(9-12)10-13-2-1-5-21-13/h3-4,6,8-9,13,18H,1-2,5,7,10H2. The summed E-state index contributed by atoms with van der Waals surface area (Å²) in [4.78, 5) is 0. The van der Waals surface area contributed by atoms with Crippen LogP contribution in [0, 0.1) is 0 Å². The van der Waals surface area contributed by atoms with Crippen LogP contribution in [-0.2, 0) is 17.8 Å². The molecule has 1 aromatic heterocycles. The smallest absolute Gasteiger partial charge is 0.0771 e. The number of ether oxygens (including phenoxy) is 1. The maximum absolute atomic E-state index is 5.63. The second kappa shape index (κ2) is 6.94. The largest absolute Gasteiger partial charge is 0.378 e. The molecule has 1 saturated heterocycles. The van der Waals surface area contributed by atoms with Crippen molar-refractivity contribution in [2.75, 3.05) is 11.9 Å². The number of anilines is 1. The van der Waals surface area contributed by atoms with Crippen LogP contribution in [0.2, 0.25) is 0 Å². The second-order valence-corrected chi connectivity index (χ2v) is 6.90. The maximum atomic E-state index is 5.63. The Morgan fingerprint density at radius 2 is 2.24 bits per heavy atom. The number of hydrogen-bond donors (Lipinski definition) is 1. The van der Waals surface area contributed by atoms with Gasteiger partial charge in [0.2, 0.25) is 0 Å². The fourth-order valence-electron chi connectivity index (χ4n) is 2.41. The molecule has 2 aromatic rings. The summed E-state index contributed by atoms with van der Waals surface area (Å²) in [5, 5.41) is 7.77. The van der Waals surface area contributed by atoms with Crippen molar-refractivity contribution in [3.05, 3.63) is 45.1 Å². The van der Waals surface area contributed by atoms with Crippen molar-refractivity contribution in [1.29, 1.82) is 0 Å². The molecule has 21 heavy (non-hydrogen) atoms. The number of nitrogens with one attached hydrogen (secondary N) is 1. The highest BCUT2D eigenvalue weighted by molar-refractivity contribution is 9.13. The highest BCUT2D eigenvalue weighted by Crippen LogP contribution is 2.24. The van der Waals surface area contributed by atoms with Gasteiger partial charge in [0.05, 0.1) is 24.5 Å². The Morgan fingerprint density at radius 3 is 3.00 bits per heavy atom. The summed E-state index contributed by atoms with van der Waals surface area (Å²) in [6.07, 6.45) is 6.52. The average Bonchev–Trinajstić information content (AvgIpc) is 3.13. The van der Waals surface area contributed by atoms with Crippen LogP contribution in [0.25, 0.3) is 0 Å². The van der Waals surface area contributed by atoms with Crippen LogP contribution < -0.4 is 5.32 Å². The van der Waals surface area contributed by atoms with E-state index in [4.69, 9.17) is 4.74 Å². The monoisotopic (exact) mass is 413 g/mol. The number of hydrogen-bond acceptors (Lipinski definition) is 3. The summed E-state index contributed by atoms with van der Waals surface area (Å²) in [6.45, 7) is 2.50. The van der Waals surface area contributed by atoms with Crippen molar-refractivity contribution < 1.29 is 4.74 Å². The SMILES string of the molecule is Brc1ccc(CNc2cnn(CC3CCCO3)c2)cc1Br. The van der Waals surface area contributed by atoms with E-state index < -0.39 is 0 Å². The third-order valence-electron chi connectivity index (χ3n) is 3.53. The van der Waals surface area contributed by atoms with Crippen molar-refractivity contribution in [2.45, 2.75) is 32.0 Å². The van der Waals surface area contributed by atoms with E-state index in [2.05, 4.69) is 54.4 Å². The van der Waals surface area contributed by atoms with Crippen molar-refractivity contribution in [3.63, 3.8) is 0 Å². The van der Waals surface area contributed by atoms with Gasteiger partial charge in [-0.2, -0.15) is 5.10 Å². The summed E-state index contributed by atoms with van der Waals surface area (Å²) < 4.78 is 9.71. The normalized spacial score (nSPS) is 18.1. The Hall–Kier alpha value is -0.850. The Balaban J connectivity index is 1.55. The van der Waals surface area contributed by atoms with E-state index in [9.17, 15) is 0 Å². The third kappa shape index (κ3) is 4.08. The molecule has 0 aliphatic carbocycles. The van der Waals surface area contributed by atoms with Crippen LogP contribution >= 0.6 is 31.9 Å². The summed E-state index contributed by atoms with van der Waals surface area (Å²) in [7, 11) is 0. The first kappa shape index (κ1) is 15.1. The van der Waals surface area contributed by atoms with Gasteiger partial charge in [-0.3, -0.25) is 4.68 Å². The lowest BCUT2D eigenvalue weighted by Gasteiger charge is -2.08. The van der Waals surface area contributed by atoms with Crippen molar-refractivity contribution in [3.8, 4) is 0 Å². The maximum Gasteiger partial charge on any atom is 0.0771 e. The molecule has 0 radical (unpaired) electrons. The van der Waals surface area contributed by atoms with Gasteiger partial charge in [0.15, 0.2) is 0 Å². The second-order valence-electron chi connectivity index (χ2n) is 5.19. The zero-order valence-corrected chi connectivity index (χ0v) is 14.7. The first-order valence-electron chi connectivity index (χ1n) is 7.02. The molecule has 0 amide bonds. The predicted octanol–water partition coefficient (Wildman–Crippen LogP) is 4.20. The van der Waals surface area contributed by atoms with Crippen LogP contribution in [0.5, 0.6) is 0 Å². The third-order valence-corrected chi connectivity index (χ3v) is 5.41. The molecule has 112 valence electrons. The zero-order valence-electron chi connectivity index (χ0n) is 11.6. The molecular formula is C15H17Br2N3O. The Morgan fingerprint density at radius 1 is 1.33 bits per heavy atom. The molecular weight excluding hydrogens is 398 g/mol. The van der Waals surface area contributed by atoms with Gasteiger partial charge in [0.1, 0.15) is 0 Å². The number of rotatable bonds is 5. The summed E-state index contributed by atoms with van der Waals surface area (Å²) in [5.41, 5.74) is 2.25. The molecule has 1 unspecified atom stereocenters. The quantitative estimate of drug-likeness (QED) is 0.796. The number of benzene rings is 1. The van der Waals surface area contributed by atoms with Crippen LogP contribution in [0.3, 0.4) is 0 Å². The molecule has 4 nitrogen and oxygen atoms in total. The van der Waals surface area contributed by atoms with Gasteiger partial charge in [-0.05, 0) is 62.4 Å². The molecule has 1 atom stereocenters. The minimum absolute atomic E-state index is 0.320. The summed E-state index contributed by atoms with van der Waals surface area (Å²) in [6, 6.07) is 6.24. The van der Waals surface area contributed by atoms with E-state index in [0.717, 1.165) is 47.2 Å². The molecule has 1 aliphatic rings. The minimum atomic E-state index is 0.320. The summed E-state index contributed by atoms with van der Waals surface area (Å²) >= 11 is 7.00. The van der Waals surface area contributed by atoms with E-state index in [1.54, 1.807) is 0 Å². The lowest BCUT2D eigenvalue weighted by Crippen LogP contribution is -2.15. The van der Waals surface area contributed by atoms with Gasteiger partial charge in [-0.1, -0.05) is 6.07 Å². The van der Waals surface area contributed by atoms with Crippen molar-refractivity contribution >= 4 is 37.5 Å². The molecule has 1 N–H and O–H groups in total. The molecule has 0 saturated carbocycles. The Labute approximate surface area is 141 Å². The van der Waals surface area contributed by atoms with Crippen molar-refractivity contribution in [1.82, 2.24) is 9.78 Å². The number of nitrogens with zero attached hydrogens (tertiary/aromatic N) is 2. The molecule has 1 aromatic carbocycles. The van der Waals surface area contributed by atoms with E-state index in [1.807, 2.05) is 23.1 Å². The van der Waals surface area contributed by atoms with Gasteiger partial charge in [-0.25, -0.2) is 0 Å². The van der Waals surface area contributed by atoms with Gasteiger partial charge < -0.3 is 10.1 Å². The van der Waals surface area contributed by atoms with Crippen LogP contribution in [-0.4, -0.2) is 22.5 Å². The van der Waals surface area contributed by atoms with Crippen molar-refractivity contribution in [2.24, 2.45) is 0 Å². The van der Waals surface area contributed by atoms with Crippen LogP contribution in [0.1, 0.15) is 18.4 Å². The van der Waals surface area contributed by atoms with Gasteiger partial charge in [0, 0.05) is 28.3 Å². The van der Waals surface area contributed by atoms with Gasteiger partial charge in [0.25, 0.3) is 0 Å². The van der Waals surface area contributed by atoms with E-state index in [1.165, 1.54) is 5.56 Å². The van der Waals surface area contributed by atoms with E-state index in [0.29, 0.717) is 6.10 Å². The molecule has 1 aliphatic heterocycles. The lowest BCUT2D eigenvalue weighted by molar-refractivity contribution is 0.0940. The van der Waals surface area contributed by atoms with E-state index >= 15 is 0 Å². The zero-order chi connectivity index (χ0) is 14.7. The van der Waals surface area contributed by atoms with E-state index in [-0.39, 0.29) is 0 Å². The number of aromatic nitrogens is 2. The topological polar surface area (TPSA) is 39.1 Å². The Kier molecular flexibility index (Phi) is 4.98. The fourth-order valence-corrected chi connectivity index (χ4v) is 3.08. The van der Waals surface area contributed by atoms with Gasteiger partial charge in [-0.15, -0.1) is 0 Å². The number of halogens is 2. The lowest BCUT2D eigenvalue weighted by atomic mass is 10.2. The Bertz CT molecular complexity index is 609. The minimum Gasteiger partial charge on any atom is -0.378 e. The van der Waals surface area contributed by atoms with Crippen LogP contribution in [0.4, 0.5) is 5.69 Å². The molecule has 0 spiro atoms. The fraction of sp³-hybridized carbons (Fsp3) is 0.400. The first-order valence-corrected chi connectivity index (χ1v) is 8.61. The molecule has 0 bridgehead atoms. The average molecular weight is 415 g/mol. The van der Waals surface area contributed by atoms with Crippen LogP contribution in [0.15, 0.2) is 39.5 Å². The van der Waals surface area contributed by atoms with Gasteiger partial charge >= 0.3 is 0 Å². The molecule has 2 heterocycles. The predicted molar refractivity (Wildman–Crippen MR) is 90.4 cm³/mol. The highest BCUT2D eigenvalue weighted by Gasteiger charge is 2.16.